The second-order valence-electron chi connectivity index (χ2n) is 4.33. The van der Waals surface area contributed by atoms with Gasteiger partial charge < -0.3 is 9.73 Å². The molecular formula is C13H17N5O2. The van der Waals surface area contributed by atoms with Gasteiger partial charge in [-0.25, -0.2) is 0 Å². The molecule has 2 N–H and O–H groups in total. The molecule has 1 amide bonds. The van der Waals surface area contributed by atoms with Gasteiger partial charge in [-0.05, 0) is 25.5 Å². The molecule has 0 aliphatic heterocycles. The molecule has 20 heavy (non-hydrogen) atoms. The van der Waals surface area contributed by atoms with E-state index < -0.39 is 0 Å². The van der Waals surface area contributed by atoms with Crippen molar-refractivity contribution in [1.29, 1.82) is 0 Å². The minimum absolute atomic E-state index is 0.0306. The van der Waals surface area contributed by atoms with Gasteiger partial charge in [0.2, 0.25) is 17.8 Å². The number of anilines is 2. The monoisotopic (exact) mass is 275 g/mol. The number of rotatable bonds is 5. The zero-order valence-corrected chi connectivity index (χ0v) is 11.7. The Hall–Kier alpha value is -2.44. The molecule has 106 valence electrons. The predicted octanol–water partition coefficient (Wildman–Crippen LogP) is 2.29. The largest absolute Gasteiger partial charge is 0.467 e. The van der Waals surface area contributed by atoms with E-state index in [4.69, 9.17) is 4.42 Å². The van der Waals surface area contributed by atoms with E-state index in [1.165, 1.54) is 6.92 Å². The number of amides is 1. The maximum absolute atomic E-state index is 11.1. The molecule has 2 aromatic heterocycles. The second-order valence-corrected chi connectivity index (χ2v) is 4.33. The minimum atomic E-state index is -0.223. The Morgan fingerprint density at radius 3 is 2.70 bits per heavy atom. The fourth-order valence-electron chi connectivity index (χ4n) is 1.78. The molecule has 2 aromatic rings. The van der Waals surface area contributed by atoms with Crippen LogP contribution < -0.4 is 10.6 Å². The number of nitrogens with one attached hydrogen (secondary N) is 2. The number of aromatic nitrogens is 3. The highest BCUT2D eigenvalue weighted by Gasteiger charge is 2.14. The van der Waals surface area contributed by atoms with Crippen molar-refractivity contribution in [3.63, 3.8) is 0 Å². The molecule has 0 saturated carbocycles. The van der Waals surface area contributed by atoms with Crippen molar-refractivity contribution in [3.8, 4) is 0 Å². The first-order chi connectivity index (χ1) is 9.58. The van der Waals surface area contributed by atoms with Crippen LogP contribution >= 0.6 is 0 Å². The maximum Gasteiger partial charge on any atom is 0.234 e. The Bertz CT molecular complexity index is 582. The van der Waals surface area contributed by atoms with Gasteiger partial charge in [0.05, 0.1) is 12.3 Å². The average molecular weight is 275 g/mol. The van der Waals surface area contributed by atoms with Gasteiger partial charge in [0.1, 0.15) is 11.6 Å². The highest BCUT2D eigenvalue weighted by Crippen LogP contribution is 2.21. The van der Waals surface area contributed by atoms with Gasteiger partial charge in [-0.2, -0.15) is 15.0 Å². The Labute approximate surface area is 116 Å². The molecule has 0 aliphatic carbocycles. The second kappa shape index (κ2) is 6.14. The molecule has 0 fully saturated rings. The van der Waals surface area contributed by atoms with Gasteiger partial charge in [0.25, 0.3) is 0 Å². The van der Waals surface area contributed by atoms with E-state index in [9.17, 15) is 4.79 Å². The number of carbonyl (C=O) groups is 1. The van der Waals surface area contributed by atoms with E-state index in [1.54, 1.807) is 13.2 Å². The van der Waals surface area contributed by atoms with E-state index in [0.717, 1.165) is 12.2 Å². The maximum atomic E-state index is 11.1. The molecule has 1 unspecified atom stereocenters. The van der Waals surface area contributed by atoms with Gasteiger partial charge in [0.15, 0.2) is 0 Å². The summed E-state index contributed by atoms with van der Waals surface area (Å²) in [7, 11) is 0. The summed E-state index contributed by atoms with van der Waals surface area (Å²) in [6, 6.07) is 3.70. The Morgan fingerprint density at radius 1 is 1.35 bits per heavy atom. The molecule has 7 nitrogen and oxygen atoms in total. The highest BCUT2D eigenvalue weighted by molar-refractivity contribution is 5.86. The lowest BCUT2D eigenvalue weighted by molar-refractivity contribution is -0.114. The first-order valence-electron chi connectivity index (χ1n) is 6.38. The number of carbonyl (C=O) groups excluding carboxylic acids is 1. The number of hydrogen-bond donors (Lipinski definition) is 2. The van der Waals surface area contributed by atoms with E-state index in [0.29, 0.717) is 11.8 Å². The first kappa shape index (κ1) is 14.0. The number of hydrogen-bond acceptors (Lipinski definition) is 6. The molecule has 0 aliphatic rings. The van der Waals surface area contributed by atoms with Crippen LogP contribution in [0.2, 0.25) is 0 Å². The van der Waals surface area contributed by atoms with Crippen LogP contribution in [0.15, 0.2) is 22.8 Å². The van der Waals surface area contributed by atoms with E-state index in [-0.39, 0.29) is 17.9 Å². The molecule has 0 radical (unpaired) electrons. The molecule has 0 bridgehead atoms. The third kappa shape index (κ3) is 3.53. The summed E-state index contributed by atoms with van der Waals surface area (Å²) in [5.41, 5.74) is 0. The lowest BCUT2D eigenvalue weighted by Gasteiger charge is -2.15. The Balaban J connectivity index is 2.19. The quantitative estimate of drug-likeness (QED) is 0.869. The third-order valence-electron chi connectivity index (χ3n) is 2.63. The van der Waals surface area contributed by atoms with Crippen molar-refractivity contribution in [2.75, 3.05) is 10.6 Å². The van der Waals surface area contributed by atoms with Crippen molar-refractivity contribution in [2.45, 2.75) is 33.2 Å². The van der Waals surface area contributed by atoms with Gasteiger partial charge in [0, 0.05) is 6.92 Å². The van der Waals surface area contributed by atoms with E-state index in [2.05, 4.69) is 25.6 Å². The van der Waals surface area contributed by atoms with Gasteiger partial charge in [-0.15, -0.1) is 0 Å². The molecule has 1 atom stereocenters. The van der Waals surface area contributed by atoms with Crippen LogP contribution in [0.5, 0.6) is 0 Å². The van der Waals surface area contributed by atoms with Crippen molar-refractivity contribution in [1.82, 2.24) is 15.0 Å². The van der Waals surface area contributed by atoms with Crippen LogP contribution in [-0.2, 0) is 4.79 Å². The van der Waals surface area contributed by atoms with Crippen molar-refractivity contribution in [2.24, 2.45) is 0 Å². The number of aryl methyl sites for hydroxylation is 1. The molecule has 7 heteroatoms. The molecule has 0 spiro atoms. The lowest BCUT2D eigenvalue weighted by atomic mass is 10.2. The predicted molar refractivity (Wildman–Crippen MR) is 74.2 cm³/mol. The zero-order valence-electron chi connectivity index (χ0n) is 11.7. The summed E-state index contributed by atoms with van der Waals surface area (Å²) >= 11 is 0. The van der Waals surface area contributed by atoms with E-state index >= 15 is 0 Å². The van der Waals surface area contributed by atoms with Crippen LogP contribution in [0.4, 0.5) is 11.9 Å². The van der Waals surface area contributed by atoms with Crippen molar-refractivity contribution < 1.29 is 9.21 Å². The summed E-state index contributed by atoms with van der Waals surface area (Å²) in [6.45, 7) is 5.18. The van der Waals surface area contributed by atoms with Crippen LogP contribution in [-0.4, -0.2) is 20.9 Å². The number of nitrogens with zero attached hydrogens (tertiary/aromatic N) is 3. The normalized spacial score (nSPS) is 11.9. The van der Waals surface area contributed by atoms with Crippen molar-refractivity contribution in [3.05, 3.63) is 30.0 Å². The molecule has 0 aromatic carbocycles. The van der Waals surface area contributed by atoms with Gasteiger partial charge >= 0.3 is 0 Å². The first-order valence-corrected chi connectivity index (χ1v) is 6.38. The standard InChI is InChI=1S/C13H17N5O2/c1-4-10(11-6-5-7-20-11)17-13-15-8(2)14-12(18-13)16-9(3)19/h5-7,10H,4H2,1-3H3,(H2,14,15,16,17,18,19). The third-order valence-corrected chi connectivity index (χ3v) is 2.63. The lowest BCUT2D eigenvalue weighted by Crippen LogP contribution is -2.15. The molecular weight excluding hydrogens is 258 g/mol. The smallest absolute Gasteiger partial charge is 0.234 e. The Morgan fingerprint density at radius 2 is 2.10 bits per heavy atom. The summed E-state index contributed by atoms with van der Waals surface area (Å²) in [5.74, 6) is 1.76. The average Bonchev–Trinajstić information content (AvgIpc) is 2.88. The van der Waals surface area contributed by atoms with Crippen LogP contribution in [0.3, 0.4) is 0 Å². The van der Waals surface area contributed by atoms with Crippen molar-refractivity contribution >= 4 is 17.8 Å². The Kier molecular flexibility index (Phi) is 4.29. The molecule has 2 rings (SSSR count). The van der Waals surface area contributed by atoms with Crippen LogP contribution in [0.1, 0.15) is 37.9 Å². The fourth-order valence-corrected chi connectivity index (χ4v) is 1.78. The zero-order chi connectivity index (χ0) is 14.5. The minimum Gasteiger partial charge on any atom is -0.467 e. The fraction of sp³-hybridized carbons (Fsp3) is 0.385. The summed E-state index contributed by atoms with van der Waals surface area (Å²) in [6.07, 6.45) is 2.44. The summed E-state index contributed by atoms with van der Waals surface area (Å²) in [4.78, 5) is 23.5. The summed E-state index contributed by atoms with van der Waals surface area (Å²) < 4.78 is 5.38. The SMILES string of the molecule is CCC(Nc1nc(C)nc(NC(C)=O)n1)c1ccco1. The van der Waals surface area contributed by atoms with Crippen LogP contribution in [0.25, 0.3) is 0 Å². The van der Waals surface area contributed by atoms with Gasteiger partial charge in [-0.1, -0.05) is 6.92 Å². The highest BCUT2D eigenvalue weighted by atomic mass is 16.3. The van der Waals surface area contributed by atoms with Crippen LogP contribution in [0, 0.1) is 6.92 Å². The topological polar surface area (TPSA) is 92.9 Å². The van der Waals surface area contributed by atoms with Gasteiger partial charge in [-0.3, -0.25) is 10.1 Å². The summed E-state index contributed by atoms with van der Waals surface area (Å²) in [5, 5.41) is 5.73. The molecule has 0 saturated heterocycles. The van der Waals surface area contributed by atoms with E-state index in [1.807, 2.05) is 19.1 Å². The molecule has 2 heterocycles. The number of furan rings is 1.